The van der Waals surface area contributed by atoms with Crippen molar-refractivity contribution < 1.29 is 4.79 Å². The van der Waals surface area contributed by atoms with Gasteiger partial charge in [0.1, 0.15) is 0 Å². The van der Waals surface area contributed by atoms with Crippen LogP contribution in [0.3, 0.4) is 0 Å². The van der Waals surface area contributed by atoms with Crippen molar-refractivity contribution in [3.8, 4) is 0 Å². The van der Waals surface area contributed by atoms with Gasteiger partial charge in [0.2, 0.25) is 5.95 Å². The van der Waals surface area contributed by atoms with Gasteiger partial charge in [0, 0.05) is 16.3 Å². The van der Waals surface area contributed by atoms with Crippen LogP contribution in [0.4, 0.5) is 11.6 Å². The Morgan fingerprint density at radius 3 is 2.52 bits per heavy atom. The van der Waals surface area contributed by atoms with Gasteiger partial charge in [-0.2, -0.15) is 0 Å². The predicted octanol–water partition coefficient (Wildman–Crippen LogP) is 6.41. The summed E-state index contributed by atoms with van der Waals surface area (Å²) in [5.41, 5.74) is 7.49. The molecule has 0 saturated heterocycles. The maximum atomic E-state index is 13.7. The SMILES string of the molecule is CSc1ccc([C@@H]2Nc3nc4ccccc4n3C(C)=C2C(=O)Nc2ccc(C)cc2C)cc1. The van der Waals surface area contributed by atoms with E-state index < -0.39 is 0 Å². The molecule has 1 aromatic heterocycles. The first kappa shape index (κ1) is 21.3. The Kier molecular flexibility index (Phi) is 5.46. The highest BCUT2D eigenvalue weighted by Gasteiger charge is 2.32. The van der Waals surface area contributed by atoms with E-state index in [4.69, 9.17) is 4.98 Å². The van der Waals surface area contributed by atoms with E-state index in [2.05, 4.69) is 54.1 Å². The normalized spacial score (nSPS) is 15.3. The van der Waals surface area contributed by atoms with Gasteiger partial charge in [0.05, 0.1) is 22.6 Å². The number of nitrogens with one attached hydrogen (secondary N) is 2. The molecule has 4 aromatic rings. The highest BCUT2D eigenvalue weighted by molar-refractivity contribution is 7.98. The van der Waals surface area contributed by atoms with E-state index in [-0.39, 0.29) is 11.9 Å². The second kappa shape index (κ2) is 8.45. The topological polar surface area (TPSA) is 59.0 Å². The molecule has 0 radical (unpaired) electrons. The lowest BCUT2D eigenvalue weighted by molar-refractivity contribution is -0.113. The molecule has 1 amide bonds. The summed E-state index contributed by atoms with van der Waals surface area (Å²) in [6.07, 6.45) is 2.06. The molecule has 6 heteroatoms. The quantitative estimate of drug-likeness (QED) is 0.350. The molecule has 0 unspecified atom stereocenters. The number of hydrogen-bond acceptors (Lipinski definition) is 4. The second-order valence-corrected chi connectivity index (χ2v) is 9.26. The van der Waals surface area contributed by atoms with Crippen LogP contribution < -0.4 is 10.6 Å². The first-order valence-electron chi connectivity index (χ1n) is 10.9. The smallest absolute Gasteiger partial charge is 0.255 e. The van der Waals surface area contributed by atoms with Gasteiger partial charge in [-0.1, -0.05) is 42.0 Å². The van der Waals surface area contributed by atoms with Crippen LogP contribution >= 0.6 is 11.8 Å². The average molecular weight is 455 g/mol. The van der Waals surface area contributed by atoms with Gasteiger partial charge in [-0.25, -0.2) is 4.98 Å². The van der Waals surface area contributed by atoms with Gasteiger partial charge in [-0.15, -0.1) is 11.8 Å². The molecule has 0 saturated carbocycles. The molecule has 0 spiro atoms. The third-order valence-corrected chi connectivity index (χ3v) is 6.92. The molecule has 2 N–H and O–H groups in total. The van der Waals surface area contributed by atoms with E-state index in [9.17, 15) is 4.79 Å². The number of imidazole rings is 1. The minimum Gasteiger partial charge on any atom is -0.344 e. The van der Waals surface area contributed by atoms with Crippen molar-refractivity contribution in [2.24, 2.45) is 0 Å². The Bertz CT molecular complexity index is 1400. The van der Waals surface area contributed by atoms with Crippen LogP contribution in [0.5, 0.6) is 0 Å². The summed E-state index contributed by atoms with van der Waals surface area (Å²) in [6.45, 7) is 6.07. The fourth-order valence-electron chi connectivity index (χ4n) is 4.48. The molecule has 33 heavy (non-hydrogen) atoms. The number of amides is 1. The molecule has 5 rings (SSSR count). The van der Waals surface area contributed by atoms with Crippen LogP contribution in [-0.2, 0) is 4.79 Å². The summed E-state index contributed by atoms with van der Waals surface area (Å²) in [4.78, 5) is 19.7. The summed E-state index contributed by atoms with van der Waals surface area (Å²) in [6, 6.07) is 22.1. The van der Waals surface area contributed by atoms with Crippen molar-refractivity contribution in [1.29, 1.82) is 0 Å². The number of carbonyl (C=O) groups excluding carboxylic acids is 1. The number of thioether (sulfide) groups is 1. The zero-order valence-electron chi connectivity index (χ0n) is 19.1. The number of rotatable bonds is 4. The maximum absolute atomic E-state index is 13.7. The lowest BCUT2D eigenvalue weighted by atomic mass is 9.94. The highest BCUT2D eigenvalue weighted by atomic mass is 32.2. The van der Waals surface area contributed by atoms with Gasteiger partial charge >= 0.3 is 0 Å². The largest absolute Gasteiger partial charge is 0.344 e. The average Bonchev–Trinajstić information content (AvgIpc) is 3.19. The Morgan fingerprint density at radius 2 is 1.79 bits per heavy atom. The third kappa shape index (κ3) is 3.80. The van der Waals surface area contributed by atoms with E-state index in [1.165, 1.54) is 10.5 Å². The lowest BCUT2D eigenvalue weighted by Crippen LogP contribution is -2.30. The Balaban J connectivity index is 1.64. The standard InChI is InChI=1S/C27H26N4OS/c1-16-9-14-21(17(2)15-16)28-26(32)24-18(3)31-23-8-6-5-7-22(23)29-27(31)30-25(24)19-10-12-20(33-4)13-11-19/h5-15,25H,1-4H3,(H,28,32)(H,29,30)/t25-/m0/s1. The van der Waals surface area contributed by atoms with E-state index in [1.807, 2.05) is 54.8 Å². The number of hydrogen-bond donors (Lipinski definition) is 2. The molecular weight excluding hydrogens is 428 g/mol. The number of aryl methyl sites for hydroxylation is 2. The molecule has 1 atom stereocenters. The number of carbonyl (C=O) groups is 1. The first-order valence-corrected chi connectivity index (χ1v) is 12.2. The molecule has 3 aromatic carbocycles. The number of benzene rings is 3. The molecule has 0 fully saturated rings. The zero-order valence-corrected chi connectivity index (χ0v) is 20.0. The van der Waals surface area contributed by atoms with Gasteiger partial charge in [0.25, 0.3) is 5.91 Å². The van der Waals surface area contributed by atoms with Crippen molar-refractivity contribution in [2.75, 3.05) is 16.9 Å². The van der Waals surface area contributed by atoms with Crippen LogP contribution in [0.15, 0.2) is 77.2 Å². The van der Waals surface area contributed by atoms with Crippen LogP contribution in [0.25, 0.3) is 16.7 Å². The van der Waals surface area contributed by atoms with Gasteiger partial charge < -0.3 is 10.6 Å². The number of aromatic nitrogens is 2. The van der Waals surface area contributed by atoms with E-state index >= 15 is 0 Å². The van der Waals surface area contributed by atoms with Gasteiger partial charge in [-0.05, 0) is 68.5 Å². The number of allylic oxidation sites excluding steroid dienone is 1. The summed E-state index contributed by atoms with van der Waals surface area (Å²) in [5.74, 6) is 0.630. The van der Waals surface area contributed by atoms with Crippen LogP contribution in [-0.4, -0.2) is 21.7 Å². The number of anilines is 2. The Morgan fingerprint density at radius 1 is 1.03 bits per heavy atom. The van der Waals surface area contributed by atoms with Crippen LogP contribution in [0.1, 0.15) is 29.7 Å². The fraction of sp³-hybridized carbons (Fsp3) is 0.185. The summed E-state index contributed by atoms with van der Waals surface area (Å²) in [7, 11) is 0. The Hall–Kier alpha value is -3.51. The molecule has 5 nitrogen and oxygen atoms in total. The van der Waals surface area contributed by atoms with Crippen LogP contribution in [0, 0.1) is 13.8 Å². The molecule has 0 bridgehead atoms. The first-order chi connectivity index (χ1) is 16.0. The van der Waals surface area contributed by atoms with Gasteiger partial charge in [0.15, 0.2) is 0 Å². The van der Waals surface area contributed by atoms with Gasteiger partial charge in [-0.3, -0.25) is 9.36 Å². The number of fused-ring (bicyclic) bond motifs is 3. The van der Waals surface area contributed by atoms with Crippen molar-refractivity contribution >= 4 is 46.0 Å². The predicted molar refractivity (Wildman–Crippen MR) is 138 cm³/mol. The second-order valence-electron chi connectivity index (χ2n) is 8.38. The van der Waals surface area contributed by atoms with Crippen molar-refractivity contribution in [1.82, 2.24) is 9.55 Å². The van der Waals surface area contributed by atoms with Crippen molar-refractivity contribution in [2.45, 2.75) is 31.7 Å². The maximum Gasteiger partial charge on any atom is 0.255 e. The summed E-state index contributed by atoms with van der Waals surface area (Å²) in [5, 5.41) is 6.69. The van der Waals surface area contributed by atoms with Crippen LogP contribution in [0.2, 0.25) is 0 Å². The molecule has 1 aliphatic rings. The van der Waals surface area contributed by atoms with Crippen molar-refractivity contribution in [3.05, 3.63) is 89.0 Å². The monoisotopic (exact) mass is 454 g/mol. The minimum absolute atomic E-state index is 0.116. The number of nitrogens with zero attached hydrogens (tertiary/aromatic N) is 2. The zero-order chi connectivity index (χ0) is 23.1. The minimum atomic E-state index is -0.309. The number of para-hydroxylation sites is 2. The fourth-order valence-corrected chi connectivity index (χ4v) is 4.89. The summed E-state index contributed by atoms with van der Waals surface area (Å²) < 4.78 is 2.04. The third-order valence-electron chi connectivity index (χ3n) is 6.17. The van der Waals surface area contributed by atoms with E-state index in [0.717, 1.165) is 39.5 Å². The molecule has 1 aliphatic heterocycles. The lowest BCUT2D eigenvalue weighted by Gasteiger charge is -2.30. The summed E-state index contributed by atoms with van der Waals surface area (Å²) >= 11 is 1.70. The Labute approximate surface area is 197 Å². The van der Waals surface area contributed by atoms with E-state index in [1.54, 1.807) is 11.8 Å². The molecule has 0 aliphatic carbocycles. The molecular formula is C27H26N4OS. The van der Waals surface area contributed by atoms with Crippen molar-refractivity contribution in [3.63, 3.8) is 0 Å². The van der Waals surface area contributed by atoms with E-state index in [0.29, 0.717) is 5.57 Å². The molecule has 2 heterocycles. The molecule has 166 valence electrons. The highest BCUT2D eigenvalue weighted by Crippen LogP contribution is 2.39.